The van der Waals surface area contributed by atoms with Gasteiger partial charge in [0.1, 0.15) is 0 Å². The average Bonchev–Trinajstić information content (AvgIpc) is 3.04. The summed E-state index contributed by atoms with van der Waals surface area (Å²) < 4.78 is 0. The van der Waals surface area contributed by atoms with Gasteiger partial charge in [-0.05, 0) is 23.6 Å². The summed E-state index contributed by atoms with van der Waals surface area (Å²) in [5.41, 5.74) is 2.80. The van der Waals surface area contributed by atoms with Gasteiger partial charge in [0, 0.05) is 45.1 Å². The number of rotatable bonds is 1. The van der Waals surface area contributed by atoms with Crippen LogP contribution in [-0.4, -0.2) is 16.3 Å². The molecule has 0 spiro atoms. The zero-order valence-corrected chi connectivity index (χ0v) is 9.53. The largest absolute Gasteiger partial charge is 0.361 e. The lowest BCUT2D eigenvalue weighted by Gasteiger charge is -2.02. The zero-order chi connectivity index (χ0) is 12.1. The summed E-state index contributed by atoms with van der Waals surface area (Å²) in [5, 5.41) is 4.44. The van der Waals surface area contributed by atoms with Gasteiger partial charge in [0.25, 0.3) is 0 Å². The second-order valence-corrected chi connectivity index (χ2v) is 4.45. The first-order valence-electron chi connectivity index (χ1n) is 5.83. The van der Waals surface area contributed by atoms with Crippen LogP contribution >= 0.6 is 0 Å². The highest BCUT2D eigenvalue weighted by molar-refractivity contribution is 6.22. The molecule has 0 aliphatic heterocycles. The zero-order valence-electron chi connectivity index (χ0n) is 9.53. The Balaban J connectivity index is 2.41. The molecule has 4 rings (SSSR count). The van der Waals surface area contributed by atoms with E-state index in [9.17, 15) is 4.79 Å². The maximum atomic E-state index is 11.2. The number of H-pyrrole nitrogens is 2. The van der Waals surface area contributed by atoms with Crippen molar-refractivity contribution >= 4 is 38.9 Å². The van der Waals surface area contributed by atoms with Crippen molar-refractivity contribution in [3.8, 4) is 0 Å². The fourth-order valence-electron chi connectivity index (χ4n) is 2.70. The molecule has 0 amide bonds. The van der Waals surface area contributed by atoms with Crippen LogP contribution in [0, 0.1) is 0 Å². The average molecular weight is 234 g/mol. The van der Waals surface area contributed by atoms with Gasteiger partial charge in [0.15, 0.2) is 6.29 Å². The van der Waals surface area contributed by atoms with Crippen LogP contribution in [0.4, 0.5) is 0 Å². The van der Waals surface area contributed by atoms with Gasteiger partial charge in [-0.1, -0.05) is 12.1 Å². The lowest BCUT2D eigenvalue weighted by Crippen LogP contribution is -1.80. The number of nitrogens with one attached hydrogen (secondary N) is 2. The van der Waals surface area contributed by atoms with E-state index in [2.05, 4.69) is 34.2 Å². The predicted molar refractivity (Wildman–Crippen MR) is 73.0 cm³/mol. The molecule has 4 aromatic rings. The van der Waals surface area contributed by atoms with Crippen molar-refractivity contribution < 1.29 is 4.79 Å². The molecule has 0 unspecified atom stereocenters. The number of hydrogen-bond acceptors (Lipinski definition) is 1. The Bertz CT molecular complexity index is 893. The molecule has 0 aliphatic carbocycles. The number of fused-ring (bicyclic) bond motifs is 5. The lowest BCUT2D eigenvalue weighted by molar-refractivity contribution is 0.112. The summed E-state index contributed by atoms with van der Waals surface area (Å²) in [5.74, 6) is 0. The van der Waals surface area contributed by atoms with Gasteiger partial charge in [-0.25, -0.2) is 0 Å². The third-order valence-electron chi connectivity index (χ3n) is 3.51. The molecule has 0 radical (unpaired) electrons. The van der Waals surface area contributed by atoms with Gasteiger partial charge < -0.3 is 9.97 Å². The van der Waals surface area contributed by atoms with Gasteiger partial charge in [-0.2, -0.15) is 0 Å². The van der Waals surface area contributed by atoms with Crippen LogP contribution in [0.3, 0.4) is 0 Å². The maximum Gasteiger partial charge on any atom is 0.152 e. The van der Waals surface area contributed by atoms with E-state index in [4.69, 9.17) is 0 Å². The molecule has 0 saturated heterocycles. The highest BCUT2D eigenvalue weighted by Crippen LogP contribution is 2.32. The van der Waals surface area contributed by atoms with E-state index in [1.807, 2.05) is 12.3 Å². The predicted octanol–water partition coefficient (Wildman–Crippen LogP) is 3.61. The second-order valence-electron chi connectivity index (χ2n) is 4.45. The Morgan fingerprint density at radius 2 is 1.72 bits per heavy atom. The lowest BCUT2D eigenvalue weighted by atomic mass is 10.0. The van der Waals surface area contributed by atoms with Crippen LogP contribution in [0.2, 0.25) is 0 Å². The molecular formula is C15H10N2O. The molecule has 3 nitrogen and oxygen atoms in total. The summed E-state index contributed by atoms with van der Waals surface area (Å²) in [6.07, 6.45) is 4.60. The summed E-state index contributed by atoms with van der Waals surface area (Å²) in [6.45, 7) is 0. The summed E-state index contributed by atoms with van der Waals surface area (Å²) in [7, 11) is 0. The molecule has 0 bridgehead atoms. The minimum Gasteiger partial charge on any atom is -0.361 e. The summed E-state index contributed by atoms with van der Waals surface area (Å²) in [6, 6.07) is 10.3. The quantitative estimate of drug-likeness (QED) is 0.485. The summed E-state index contributed by atoms with van der Waals surface area (Å²) >= 11 is 0. The van der Waals surface area contributed by atoms with Gasteiger partial charge in [-0.15, -0.1) is 0 Å². The first-order valence-corrected chi connectivity index (χ1v) is 5.83. The van der Waals surface area contributed by atoms with Crippen molar-refractivity contribution in [2.24, 2.45) is 0 Å². The first-order chi connectivity index (χ1) is 8.88. The Morgan fingerprint density at radius 3 is 2.56 bits per heavy atom. The fourth-order valence-corrected chi connectivity index (χ4v) is 2.70. The van der Waals surface area contributed by atoms with Crippen molar-refractivity contribution in [3.05, 3.63) is 48.3 Å². The number of aromatic nitrogens is 2. The second kappa shape index (κ2) is 3.23. The number of aromatic amines is 2. The van der Waals surface area contributed by atoms with Crippen molar-refractivity contribution in [3.63, 3.8) is 0 Å². The minimum absolute atomic E-state index is 0.712. The van der Waals surface area contributed by atoms with E-state index < -0.39 is 0 Å². The Hall–Kier alpha value is -2.55. The van der Waals surface area contributed by atoms with Gasteiger partial charge in [0.05, 0.1) is 0 Å². The molecule has 3 heteroatoms. The molecular weight excluding hydrogens is 224 g/mol. The van der Waals surface area contributed by atoms with E-state index in [0.29, 0.717) is 5.56 Å². The number of hydrogen-bond donors (Lipinski definition) is 2. The molecule has 2 heterocycles. The molecule has 18 heavy (non-hydrogen) atoms. The normalized spacial score (nSPS) is 11.6. The smallest absolute Gasteiger partial charge is 0.152 e. The Kier molecular flexibility index (Phi) is 1.70. The molecule has 2 aromatic heterocycles. The highest BCUT2D eigenvalue weighted by atomic mass is 16.1. The van der Waals surface area contributed by atoms with E-state index >= 15 is 0 Å². The van der Waals surface area contributed by atoms with E-state index in [0.717, 1.165) is 38.9 Å². The van der Waals surface area contributed by atoms with E-state index in [1.54, 1.807) is 6.20 Å². The van der Waals surface area contributed by atoms with Crippen LogP contribution < -0.4 is 0 Å². The van der Waals surface area contributed by atoms with Gasteiger partial charge in [0.2, 0.25) is 0 Å². The maximum absolute atomic E-state index is 11.2. The SMILES string of the molecule is O=Cc1c[nH]c2ccc3ccc4[nH]ccc4c3c12. The molecule has 0 aliphatic rings. The van der Waals surface area contributed by atoms with Crippen LogP contribution in [0.5, 0.6) is 0 Å². The van der Waals surface area contributed by atoms with Crippen molar-refractivity contribution in [2.45, 2.75) is 0 Å². The molecule has 2 aromatic carbocycles. The molecule has 0 atom stereocenters. The van der Waals surface area contributed by atoms with E-state index in [-0.39, 0.29) is 0 Å². The number of aldehydes is 1. The standard InChI is InChI=1S/C15H10N2O/c18-8-10-7-17-13-4-2-9-1-3-12-11(5-6-16-12)14(9)15(10)13/h1-8,16-17H. The molecule has 86 valence electrons. The number of carbonyl (C=O) groups is 1. The van der Waals surface area contributed by atoms with Crippen molar-refractivity contribution in [2.75, 3.05) is 0 Å². The molecule has 0 fully saturated rings. The third-order valence-corrected chi connectivity index (χ3v) is 3.51. The van der Waals surface area contributed by atoms with Crippen molar-refractivity contribution in [1.29, 1.82) is 0 Å². The van der Waals surface area contributed by atoms with E-state index in [1.165, 1.54) is 0 Å². The highest BCUT2D eigenvalue weighted by Gasteiger charge is 2.10. The van der Waals surface area contributed by atoms with Gasteiger partial charge in [-0.3, -0.25) is 4.79 Å². The fraction of sp³-hybridized carbons (Fsp3) is 0. The Labute approximate surface area is 102 Å². The molecule has 0 saturated carbocycles. The summed E-state index contributed by atoms with van der Waals surface area (Å²) in [4.78, 5) is 17.5. The van der Waals surface area contributed by atoms with Crippen LogP contribution in [-0.2, 0) is 0 Å². The van der Waals surface area contributed by atoms with Crippen LogP contribution in [0.25, 0.3) is 32.6 Å². The monoisotopic (exact) mass is 234 g/mol. The Morgan fingerprint density at radius 1 is 0.889 bits per heavy atom. The van der Waals surface area contributed by atoms with Crippen LogP contribution in [0.15, 0.2) is 42.7 Å². The minimum atomic E-state index is 0.712. The topological polar surface area (TPSA) is 48.6 Å². The first kappa shape index (κ1) is 9.48. The number of benzene rings is 2. The molecule has 2 N–H and O–H groups in total. The van der Waals surface area contributed by atoms with Gasteiger partial charge >= 0.3 is 0 Å². The van der Waals surface area contributed by atoms with Crippen molar-refractivity contribution in [1.82, 2.24) is 9.97 Å². The number of carbonyl (C=O) groups excluding carboxylic acids is 1. The third kappa shape index (κ3) is 1.06. The van der Waals surface area contributed by atoms with Crippen LogP contribution in [0.1, 0.15) is 10.4 Å².